The van der Waals surface area contributed by atoms with Crippen LogP contribution in [0.1, 0.15) is 0 Å². The summed E-state index contributed by atoms with van der Waals surface area (Å²) in [6.07, 6.45) is 6.45. The number of amides is 1. The summed E-state index contributed by atoms with van der Waals surface area (Å²) < 4.78 is 23.4. The molecule has 2 aromatic carbocycles. The Morgan fingerprint density at radius 2 is 2.05 bits per heavy atom. The molecule has 1 heterocycles. The van der Waals surface area contributed by atoms with Crippen molar-refractivity contribution in [2.24, 2.45) is 0 Å². The van der Waals surface area contributed by atoms with Gasteiger partial charge in [-0.1, -0.05) is 35.5 Å². The first-order valence-corrected chi connectivity index (χ1v) is 15.1. The summed E-state index contributed by atoms with van der Waals surface area (Å²) >= 11 is 6.35. The van der Waals surface area contributed by atoms with Crippen molar-refractivity contribution in [2.45, 2.75) is 0 Å². The van der Waals surface area contributed by atoms with Crippen LogP contribution in [0.3, 0.4) is 0 Å². The summed E-state index contributed by atoms with van der Waals surface area (Å²) in [7, 11) is -0.958. The van der Waals surface area contributed by atoms with Gasteiger partial charge in [-0.25, -0.2) is 4.98 Å². The van der Waals surface area contributed by atoms with E-state index in [1.54, 1.807) is 49.6 Å². The first-order valence-electron chi connectivity index (χ1n) is 12.1. The Labute approximate surface area is 253 Å². The molecule has 0 bridgehead atoms. The number of hydrogen-bond donors (Lipinski definition) is 2. The van der Waals surface area contributed by atoms with Crippen LogP contribution < -0.4 is 39.5 Å². The van der Waals surface area contributed by atoms with Gasteiger partial charge in [0, 0.05) is 24.2 Å². The monoisotopic (exact) mass is 575 g/mol. The molecule has 0 aliphatic rings. The molecule has 0 unspecified atom stereocenters. The zero-order valence-electron chi connectivity index (χ0n) is 23.2. The average Bonchev–Trinajstić information content (AvgIpc) is 2.90. The minimum Gasteiger partial charge on any atom is -0.551 e. The smallest absolute Gasteiger partial charge is 0.551 e. The topological polar surface area (TPSA) is 106 Å². The molecule has 0 atom stereocenters. The van der Waals surface area contributed by atoms with Crippen molar-refractivity contribution >= 4 is 53.1 Å². The van der Waals surface area contributed by atoms with Crippen molar-refractivity contribution in [3.63, 3.8) is 0 Å². The maximum Gasteiger partial charge on any atom is 1.00 e. The van der Waals surface area contributed by atoms with Gasteiger partial charge in [0.15, 0.2) is 5.82 Å². The maximum atomic E-state index is 12.7. The second-order valence-electron chi connectivity index (χ2n) is 8.69. The van der Waals surface area contributed by atoms with Gasteiger partial charge in [-0.15, -0.1) is 31.3 Å². The van der Waals surface area contributed by atoms with Gasteiger partial charge in [0.1, 0.15) is 12.2 Å². The van der Waals surface area contributed by atoms with E-state index in [2.05, 4.69) is 33.6 Å². The first kappa shape index (κ1) is 33.4. The third kappa shape index (κ3) is 10.3. The summed E-state index contributed by atoms with van der Waals surface area (Å²) in [5.74, 6) is 1.05. The first-order chi connectivity index (χ1) is 18.7. The standard InChI is InChI=1S/C28H32ClN5O4P.Li/c1-5-34(26(35)15-9-17-37-2)16-10-18-38-22-12-8-11-21(19-22)31-28-30-20-23(29)27(33-28)32-24-13-6-7-14-25(24)39(3,4)36;/h6-11,13-15,19-20H,1,5,16-18H2,2-4H3,(H2,30,31,32,33);/q-3;+1/b15-9+;. The van der Waals surface area contributed by atoms with Crippen molar-refractivity contribution < 1.29 is 37.7 Å². The molecule has 208 valence electrons. The Kier molecular flexibility index (Phi) is 13.8. The molecular formula is C28H32ClLiN5O4P-2. The van der Waals surface area contributed by atoms with Crippen molar-refractivity contribution in [1.29, 1.82) is 0 Å². The maximum absolute atomic E-state index is 12.7. The Morgan fingerprint density at radius 3 is 2.77 bits per heavy atom. The summed E-state index contributed by atoms with van der Waals surface area (Å²) in [6, 6.07) is 15.7. The quantitative estimate of drug-likeness (QED) is 0.0990. The van der Waals surface area contributed by atoms with Gasteiger partial charge in [0.05, 0.1) is 18.5 Å². The number of para-hydroxylation sites is 1. The molecular weight excluding hydrogens is 544 g/mol. The number of nitrogens with zero attached hydrogens (tertiary/aromatic N) is 3. The van der Waals surface area contributed by atoms with Gasteiger partial charge < -0.3 is 36.5 Å². The molecule has 40 heavy (non-hydrogen) atoms. The Hall–Kier alpha value is -2.79. The molecule has 2 N–H and O–H groups in total. The minimum atomic E-state index is -2.52. The van der Waals surface area contributed by atoms with E-state index in [0.29, 0.717) is 58.9 Å². The summed E-state index contributed by atoms with van der Waals surface area (Å²) in [4.78, 5) is 22.5. The predicted molar refractivity (Wildman–Crippen MR) is 157 cm³/mol. The Balaban J connectivity index is 0.00000560. The fraction of sp³-hybridized carbons (Fsp3) is 0.250. The van der Waals surface area contributed by atoms with Crippen molar-refractivity contribution in [1.82, 2.24) is 14.9 Å². The number of aromatic nitrogens is 2. The van der Waals surface area contributed by atoms with Crippen LogP contribution in [0, 0.1) is 19.4 Å². The van der Waals surface area contributed by atoms with Gasteiger partial charge in [-0.3, -0.25) is 11.2 Å². The van der Waals surface area contributed by atoms with E-state index in [1.165, 1.54) is 12.3 Å². The molecule has 0 aliphatic heterocycles. The molecule has 9 nitrogen and oxygen atoms in total. The zero-order chi connectivity index (χ0) is 28.3. The summed E-state index contributed by atoms with van der Waals surface area (Å²) in [5, 5.41) is 7.34. The number of methoxy groups -OCH3 is 1. The molecule has 0 radical (unpaired) electrons. The second-order valence-corrected chi connectivity index (χ2v) is 12.3. The molecule has 3 aromatic rings. The van der Waals surface area contributed by atoms with E-state index in [-0.39, 0.29) is 31.4 Å². The van der Waals surface area contributed by atoms with Crippen LogP contribution >= 0.6 is 18.7 Å². The van der Waals surface area contributed by atoms with Crippen LogP contribution in [0.15, 0.2) is 60.8 Å². The van der Waals surface area contributed by atoms with Crippen molar-refractivity contribution in [3.8, 4) is 5.75 Å². The number of halogens is 1. The van der Waals surface area contributed by atoms with Gasteiger partial charge in [0.25, 0.3) is 0 Å². The van der Waals surface area contributed by atoms with Gasteiger partial charge in [0.2, 0.25) is 11.9 Å². The SMILES string of the molecule is [CH2-]CN(C[CH-]COc1[c-]ccc(Nc2ncc(Cl)c(Nc3ccccc3P(C)(C)=O)n2)c1)C(=O)/C=C/COC.[Li+]. The number of carbonyl (C=O) groups excluding carboxylic acids is 1. The van der Waals surface area contributed by atoms with E-state index >= 15 is 0 Å². The molecule has 3 rings (SSSR count). The van der Waals surface area contributed by atoms with Crippen LogP contribution in [0.4, 0.5) is 23.1 Å². The number of anilines is 4. The van der Waals surface area contributed by atoms with Crippen molar-refractivity contribution in [2.75, 3.05) is 57.4 Å². The minimum absolute atomic E-state index is 0. The van der Waals surface area contributed by atoms with Crippen LogP contribution in [0.2, 0.25) is 5.02 Å². The molecule has 0 fully saturated rings. The number of carbonyl (C=O) groups is 1. The van der Waals surface area contributed by atoms with E-state index < -0.39 is 7.14 Å². The van der Waals surface area contributed by atoms with E-state index in [1.807, 2.05) is 30.7 Å². The molecule has 12 heteroatoms. The average molecular weight is 576 g/mol. The zero-order valence-corrected chi connectivity index (χ0v) is 24.8. The third-order valence-corrected chi connectivity index (χ3v) is 7.15. The van der Waals surface area contributed by atoms with E-state index in [0.717, 1.165) is 0 Å². The van der Waals surface area contributed by atoms with Gasteiger partial charge >= 0.3 is 18.9 Å². The number of benzene rings is 2. The van der Waals surface area contributed by atoms with Crippen LogP contribution in [0.5, 0.6) is 5.75 Å². The molecule has 0 saturated carbocycles. The Morgan fingerprint density at radius 1 is 1.27 bits per heavy atom. The molecule has 1 aromatic heterocycles. The number of ether oxygens (including phenoxy) is 2. The van der Waals surface area contributed by atoms with Crippen LogP contribution in [-0.4, -0.2) is 67.5 Å². The fourth-order valence-electron chi connectivity index (χ4n) is 3.43. The number of hydrogen-bond acceptors (Lipinski definition) is 8. The van der Waals surface area contributed by atoms with E-state index in [4.69, 9.17) is 21.1 Å². The molecule has 1 amide bonds. The molecule has 0 aliphatic carbocycles. The normalized spacial score (nSPS) is 11.1. The Bertz CT molecular complexity index is 1340. The second kappa shape index (κ2) is 16.5. The van der Waals surface area contributed by atoms with Crippen LogP contribution in [0.25, 0.3) is 0 Å². The van der Waals surface area contributed by atoms with Crippen molar-refractivity contribution in [3.05, 3.63) is 85.2 Å². The molecule has 0 saturated heterocycles. The van der Waals surface area contributed by atoms with Gasteiger partial charge in [-0.05, 0) is 32.1 Å². The number of nitrogens with one attached hydrogen (secondary N) is 2. The van der Waals surface area contributed by atoms with E-state index in [9.17, 15) is 9.36 Å². The number of rotatable bonds is 14. The van der Waals surface area contributed by atoms with Gasteiger partial charge in [-0.2, -0.15) is 11.1 Å². The third-order valence-electron chi connectivity index (χ3n) is 5.32. The van der Waals surface area contributed by atoms with Crippen LogP contribution in [-0.2, 0) is 14.1 Å². The predicted octanol–water partition coefficient (Wildman–Crippen LogP) is 2.12. The molecule has 0 spiro atoms. The summed E-state index contributed by atoms with van der Waals surface area (Å²) in [5.41, 5.74) is 1.35. The fourth-order valence-corrected chi connectivity index (χ4v) is 4.72. The summed E-state index contributed by atoms with van der Waals surface area (Å²) in [6.45, 7) is 8.59. The largest absolute Gasteiger partial charge is 1.00 e.